The molecule has 1 aromatic carbocycles. The summed E-state index contributed by atoms with van der Waals surface area (Å²) in [6.07, 6.45) is -0.337. The van der Waals surface area contributed by atoms with Gasteiger partial charge in [-0.25, -0.2) is 4.79 Å². The zero-order valence-corrected chi connectivity index (χ0v) is 11.1. The summed E-state index contributed by atoms with van der Waals surface area (Å²) in [5, 5.41) is 10.1. The molecule has 0 radical (unpaired) electrons. The third kappa shape index (κ3) is 2.77. The monoisotopic (exact) mass is 278 g/mol. The van der Waals surface area contributed by atoms with Crippen molar-refractivity contribution in [3.05, 3.63) is 35.9 Å². The zero-order valence-electron chi connectivity index (χ0n) is 11.1. The number of cyclic esters (lactones) is 1. The molecule has 6 heteroatoms. The average molecular weight is 278 g/mol. The van der Waals surface area contributed by atoms with E-state index >= 15 is 0 Å². The van der Waals surface area contributed by atoms with Gasteiger partial charge >= 0.3 is 6.09 Å². The van der Waals surface area contributed by atoms with E-state index in [1.165, 1.54) is 0 Å². The maximum Gasteiger partial charge on any atom is 0.410 e. The van der Waals surface area contributed by atoms with Gasteiger partial charge in [-0.2, -0.15) is 5.48 Å². The molecule has 1 aromatic rings. The van der Waals surface area contributed by atoms with Crippen molar-refractivity contribution in [3.8, 4) is 0 Å². The molecule has 2 aliphatic rings. The number of hydrogen-bond donors (Lipinski definition) is 2. The number of hydroxylamine groups is 1. The van der Waals surface area contributed by atoms with E-state index in [9.17, 15) is 9.90 Å². The lowest BCUT2D eigenvalue weighted by molar-refractivity contribution is -0.0588. The van der Waals surface area contributed by atoms with E-state index < -0.39 is 6.10 Å². The molecule has 6 nitrogen and oxygen atoms in total. The third-order valence-electron chi connectivity index (χ3n) is 3.76. The number of aliphatic hydroxyl groups is 1. The van der Waals surface area contributed by atoms with Gasteiger partial charge < -0.3 is 9.84 Å². The second kappa shape index (κ2) is 5.78. The van der Waals surface area contributed by atoms with Gasteiger partial charge in [-0.05, 0) is 12.0 Å². The van der Waals surface area contributed by atoms with Crippen LogP contribution in [0.15, 0.2) is 30.3 Å². The highest BCUT2D eigenvalue weighted by atomic mass is 16.6. The van der Waals surface area contributed by atoms with E-state index in [-0.39, 0.29) is 18.2 Å². The number of benzene rings is 1. The number of ether oxygens (including phenoxy) is 1. The number of aliphatic hydroxyl groups excluding tert-OH is 1. The number of rotatable bonds is 4. The van der Waals surface area contributed by atoms with Gasteiger partial charge in [0.1, 0.15) is 6.61 Å². The molecule has 2 saturated heterocycles. The average Bonchev–Trinajstić information content (AvgIpc) is 2.81. The maximum absolute atomic E-state index is 11.5. The van der Waals surface area contributed by atoms with Crippen LogP contribution in [0.25, 0.3) is 0 Å². The van der Waals surface area contributed by atoms with Crippen LogP contribution in [0.1, 0.15) is 12.0 Å². The first-order chi connectivity index (χ1) is 9.74. The largest absolute Gasteiger partial charge is 0.447 e. The maximum atomic E-state index is 11.5. The molecule has 0 aromatic heterocycles. The van der Waals surface area contributed by atoms with Crippen molar-refractivity contribution in [2.45, 2.75) is 31.2 Å². The standard InChI is InChI=1S/C14H18N2O4/c17-13-6-11-9-19-14(18)16(11)7-12(13)15-20-8-10-4-2-1-3-5-10/h1-5,11-13,15,17H,6-9H2/t11-,12+,13+/m0/s1. The highest BCUT2D eigenvalue weighted by molar-refractivity contribution is 5.70. The van der Waals surface area contributed by atoms with Gasteiger partial charge in [0.2, 0.25) is 0 Å². The molecule has 0 aliphatic carbocycles. The Morgan fingerprint density at radius 1 is 1.40 bits per heavy atom. The normalized spacial score (nSPS) is 29.1. The number of amides is 1. The summed E-state index contributed by atoms with van der Waals surface area (Å²) in [4.78, 5) is 18.6. The molecule has 2 N–H and O–H groups in total. The molecule has 3 rings (SSSR count). The van der Waals surface area contributed by atoms with Crippen LogP contribution in [0.3, 0.4) is 0 Å². The molecule has 2 fully saturated rings. The fourth-order valence-electron chi connectivity index (χ4n) is 2.61. The molecule has 20 heavy (non-hydrogen) atoms. The highest BCUT2D eigenvalue weighted by Gasteiger charge is 2.42. The van der Waals surface area contributed by atoms with Gasteiger partial charge in [0.15, 0.2) is 0 Å². The Hall–Kier alpha value is -1.63. The predicted octanol–water partition coefficient (Wildman–Crippen LogP) is 0.662. The number of carbonyl (C=O) groups is 1. The van der Waals surface area contributed by atoms with Crippen LogP contribution in [-0.4, -0.2) is 47.4 Å². The first-order valence-corrected chi connectivity index (χ1v) is 6.77. The number of fused-ring (bicyclic) bond motifs is 1. The predicted molar refractivity (Wildman–Crippen MR) is 70.6 cm³/mol. The van der Waals surface area contributed by atoms with Crippen LogP contribution in [-0.2, 0) is 16.2 Å². The fourth-order valence-corrected chi connectivity index (χ4v) is 2.61. The number of nitrogens with one attached hydrogen (secondary N) is 1. The molecular formula is C14H18N2O4. The van der Waals surface area contributed by atoms with E-state index in [2.05, 4.69) is 5.48 Å². The second-order valence-corrected chi connectivity index (χ2v) is 5.18. The van der Waals surface area contributed by atoms with Crippen molar-refractivity contribution >= 4 is 6.09 Å². The van der Waals surface area contributed by atoms with E-state index in [1.54, 1.807) is 4.90 Å². The van der Waals surface area contributed by atoms with E-state index in [1.807, 2.05) is 30.3 Å². The molecule has 108 valence electrons. The Morgan fingerprint density at radius 3 is 3.00 bits per heavy atom. The minimum Gasteiger partial charge on any atom is -0.447 e. The number of carbonyl (C=O) groups excluding carboxylic acids is 1. The highest BCUT2D eigenvalue weighted by Crippen LogP contribution is 2.24. The van der Waals surface area contributed by atoms with Crippen molar-refractivity contribution in [3.63, 3.8) is 0 Å². The Balaban J connectivity index is 1.51. The quantitative estimate of drug-likeness (QED) is 0.792. The van der Waals surface area contributed by atoms with E-state index in [4.69, 9.17) is 9.57 Å². The summed E-state index contributed by atoms with van der Waals surface area (Å²) >= 11 is 0. The van der Waals surface area contributed by atoms with Crippen LogP contribution >= 0.6 is 0 Å². The van der Waals surface area contributed by atoms with Crippen molar-refractivity contribution in [1.29, 1.82) is 0 Å². The molecule has 0 spiro atoms. The smallest absolute Gasteiger partial charge is 0.410 e. The number of nitrogens with zero attached hydrogens (tertiary/aromatic N) is 1. The zero-order chi connectivity index (χ0) is 13.9. The summed E-state index contributed by atoms with van der Waals surface area (Å²) in [5.41, 5.74) is 3.90. The second-order valence-electron chi connectivity index (χ2n) is 5.18. The molecule has 0 saturated carbocycles. The van der Waals surface area contributed by atoms with Gasteiger partial charge in [-0.1, -0.05) is 30.3 Å². The molecule has 2 aliphatic heterocycles. The lowest BCUT2D eigenvalue weighted by Gasteiger charge is -2.36. The Kier molecular flexibility index (Phi) is 3.86. The van der Waals surface area contributed by atoms with Crippen molar-refractivity contribution in [1.82, 2.24) is 10.4 Å². The molecule has 3 atom stereocenters. The lowest BCUT2D eigenvalue weighted by Crippen LogP contribution is -2.56. The minimum absolute atomic E-state index is 0.00956. The SMILES string of the molecule is O=C1OC[C@@H]2C[C@@H](O)[C@H](NOCc3ccccc3)CN12. The summed E-state index contributed by atoms with van der Waals surface area (Å²) < 4.78 is 4.98. The van der Waals surface area contributed by atoms with Gasteiger partial charge in [0, 0.05) is 6.54 Å². The van der Waals surface area contributed by atoms with Crippen LogP contribution in [0.5, 0.6) is 0 Å². The van der Waals surface area contributed by atoms with Crippen molar-refractivity contribution in [2.75, 3.05) is 13.2 Å². The summed E-state index contributed by atoms with van der Waals surface area (Å²) in [7, 11) is 0. The van der Waals surface area contributed by atoms with E-state index in [0.717, 1.165) is 5.56 Å². The Bertz CT molecular complexity index is 468. The van der Waals surface area contributed by atoms with Gasteiger partial charge in [0.05, 0.1) is 24.8 Å². The fraction of sp³-hybridized carbons (Fsp3) is 0.500. The summed E-state index contributed by atoms with van der Waals surface area (Å²) in [6, 6.07) is 9.46. The van der Waals surface area contributed by atoms with Crippen LogP contribution < -0.4 is 5.48 Å². The first-order valence-electron chi connectivity index (χ1n) is 6.77. The van der Waals surface area contributed by atoms with Crippen LogP contribution in [0.4, 0.5) is 4.79 Å². The molecule has 0 bridgehead atoms. The molecule has 1 amide bonds. The summed E-state index contributed by atoms with van der Waals surface area (Å²) in [5.74, 6) is 0. The molecule has 0 unspecified atom stereocenters. The number of hydrogen-bond acceptors (Lipinski definition) is 5. The topological polar surface area (TPSA) is 71.0 Å². The van der Waals surface area contributed by atoms with E-state index in [0.29, 0.717) is 26.2 Å². The number of piperidine rings is 1. The van der Waals surface area contributed by atoms with Crippen molar-refractivity contribution in [2.24, 2.45) is 0 Å². The third-order valence-corrected chi connectivity index (χ3v) is 3.76. The lowest BCUT2D eigenvalue weighted by atomic mass is 9.97. The Labute approximate surface area is 117 Å². The van der Waals surface area contributed by atoms with Gasteiger partial charge in [0.25, 0.3) is 0 Å². The first kappa shape index (κ1) is 13.4. The molecule has 2 heterocycles. The molecular weight excluding hydrogens is 260 g/mol. The Morgan fingerprint density at radius 2 is 2.20 bits per heavy atom. The van der Waals surface area contributed by atoms with Gasteiger partial charge in [-0.3, -0.25) is 9.74 Å². The van der Waals surface area contributed by atoms with Crippen molar-refractivity contribution < 1.29 is 19.5 Å². The van der Waals surface area contributed by atoms with Crippen LogP contribution in [0, 0.1) is 0 Å². The van der Waals surface area contributed by atoms with Crippen LogP contribution in [0.2, 0.25) is 0 Å². The summed E-state index contributed by atoms with van der Waals surface area (Å²) in [6.45, 7) is 1.19. The minimum atomic E-state index is -0.540. The van der Waals surface area contributed by atoms with Gasteiger partial charge in [-0.15, -0.1) is 0 Å².